The fourth-order valence-electron chi connectivity index (χ4n) is 3.27. The Hall–Kier alpha value is -3.33. The molecule has 1 N–H and O–H groups in total. The molecule has 4 aromatic rings. The van der Waals surface area contributed by atoms with Gasteiger partial charge in [-0.2, -0.15) is 5.10 Å². The largest absolute Gasteiger partial charge is 0.385 e. The van der Waals surface area contributed by atoms with Gasteiger partial charge >= 0.3 is 0 Å². The molecule has 27 heavy (non-hydrogen) atoms. The van der Waals surface area contributed by atoms with Crippen molar-refractivity contribution in [1.29, 1.82) is 0 Å². The highest BCUT2D eigenvalue weighted by atomic mass is 15.3. The molecule has 1 aromatic heterocycles. The Morgan fingerprint density at radius 2 is 1.52 bits per heavy atom. The quantitative estimate of drug-likeness (QED) is 0.481. The maximum Gasteiger partial charge on any atom is 0.101 e. The molecule has 3 nitrogen and oxygen atoms in total. The first-order chi connectivity index (χ1) is 13.3. The van der Waals surface area contributed by atoms with E-state index in [1.165, 1.54) is 5.56 Å². The minimum atomic E-state index is 0.879. The van der Waals surface area contributed by atoms with Crippen molar-refractivity contribution < 1.29 is 0 Å². The molecule has 0 amide bonds. The third-order valence-electron chi connectivity index (χ3n) is 4.64. The summed E-state index contributed by atoms with van der Waals surface area (Å²) in [6, 6.07) is 27.2. The Kier molecular flexibility index (Phi) is 4.75. The molecule has 0 aliphatic carbocycles. The zero-order valence-corrected chi connectivity index (χ0v) is 15.7. The first-order valence-electron chi connectivity index (χ1n) is 9.31. The molecule has 134 valence electrons. The number of nitrogens with one attached hydrogen (secondary N) is 1. The van der Waals surface area contributed by atoms with E-state index in [1.54, 1.807) is 0 Å². The molecule has 0 saturated carbocycles. The van der Waals surface area contributed by atoms with Crippen molar-refractivity contribution in [2.75, 3.05) is 11.9 Å². The number of benzene rings is 3. The molecule has 4 rings (SSSR count). The maximum absolute atomic E-state index is 4.95. The number of para-hydroxylation sites is 1. The van der Waals surface area contributed by atoms with Gasteiger partial charge in [0, 0.05) is 35.1 Å². The van der Waals surface area contributed by atoms with Crippen molar-refractivity contribution in [2.45, 2.75) is 13.8 Å². The number of aryl methyl sites for hydroxylation is 1. The monoisotopic (exact) mass is 353 g/mol. The molecule has 0 atom stereocenters. The highest BCUT2D eigenvalue weighted by molar-refractivity contribution is 5.87. The first kappa shape index (κ1) is 17.1. The maximum atomic E-state index is 4.95. The molecule has 0 aliphatic rings. The van der Waals surface area contributed by atoms with E-state index in [0.717, 1.165) is 40.3 Å². The number of anilines is 1. The number of aromatic nitrogens is 2. The van der Waals surface area contributed by atoms with E-state index in [9.17, 15) is 0 Å². The van der Waals surface area contributed by atoms with Gasteiger partial charge in [-0.25, -0.2) is 4.68 Å². The summed E-state index contributed by atoms with van der Waals surface area (Å²) < 4.78 is 1.97. The number of hydrogen-bond acceptors (Lipinski definition) is 2. The second-order valence-electron chi connectivity index (χ2n) is 6.61. The fraction of sp³-hybridized carbons (Fsp3) is 0.125. The molecule has 0 radical (unpaired) electrons. The van der Waals surface area contributed by atoms with Crippen LogP contribution in [0.25, 0.3) is 28.1 Å². The van der Waals surface area contributed by atoms with E-state index < -0.39 is 0 Å². The number of nitrogens with zero attached hydrogens (tertiary/aromatic N) is 2. The molecule has 3 aromatic carbocycles. The van der Waals surface area contributed by atoms with Gasteiger partial charge in [-0.3, -0.25) is 0 Å². The lowest BCUT2D eigenvalue weighted by Gasteiger charge is -2.10. The minimum Gasteiger partial charge on any atom is -0.385 e. The lowest BCUT2D eigenvalue weighted by atomic mass is 10.0. The average molecular weight is 353 g/mol. The second-order valence-corrected chi connectivity index (χ2v) is 6.61. The second kappa shape index (κ2) is 7.50. The summed E-state index contributed by atoms with van der Waals surface area (Å²) in [5, 5.41) is 8.42. The van der Waals surface area contributed by atoms with Gasteiger partial charge < -0.3 is 5.32 Å². The van der Waals surface area contributed by atoms with E-state index in [1.807, 2.05) is 10.7 Å². The van der Waals surface area contributed by atoms with E-state index in [4.69, 9.17) is 5.10 Å². The molecule has 0 aliphatic heterocycles. The summed E-state index contributed by atoms with van der Waals surface area (Å²) in [7, 11) is 0. The van der Waals surface area contributed by atoms with Crippen LogP contribution in [0.5, 0.6) is 0 Å². The van der Waals surface area contributed by atoms with Crippen LogP contribution in [-0.2, 0) is 0 Å². The molecular weight excluding hydrogens is 330 g/mol. The van der Waals surface area contributed by atoms with Gasteiger partial charge in [-0.05, 0) is 32.0 Å². The standard InChI is InChI=1S/C24H23N3/c1-3-25-23-12-8-7-11-21(23)22-17-27(20-15-13-18(2)14-16-20)26-24(22)19-9-5-4-6-10-19/h4-17,25H,3H2,1-2H3. The van der Waals surface area contributed by atoms with Crippen molar-refractivity contribution in [3.8, 4) is 28.1 Å². The van der Waals surface area contributed by atoms with Crippen LogP contribution in [-0.4, -0.2) is 16.3 Å². The zero-order chi connectivity index (χ0) is 18.6. The van der Waals surface area contributed by atoms with Gasteiger partial charge in [0.1, 0.15) is 5.69 Å². The Labute approximate surface area is 160 Å². The summed E-state index contributed by atoms with van der Waals surface area (Å²) >= 11 is 0. The predicted molar refractivity (Wildman–Crippen MR) is 113 cm³/mol. The molecule has 0 spiro atoms. The van der Waals surface area contributed by atoms with Crippen LogP contribution in [0.1, 0.15) is 12.5 Å². The van der Waals surface area contributed by atoms with Crippen LogP contribution in [0.4, 0.5) is 5.69 Å². The van der Waals surface area contributed by atoms with Crippen LogP contribution < -0.4 is 5.32 Å². The van der Waals surface area contributed by atoms with E-state index in [0.29, 0.717) is 0 Å². The van der Waals surface area contributed by atoms with Crippen LogP contribution in [0.3, 0.4) is 0 Å². The van der Waals surface area contributed by atoms with Crippen LogP contribution >= 0.6 is 0 Å². The number of hydrogen-bond donors (Lipinski definition) is 1. The fourth-order valence-corrected chi connectivity index (χ4v) is 3.27. The Morgan fingerprint density at radius 3 is 2.26 bits per heavy atom. The first-order valence-corrected chi connectivity index (χ1v) is 9.31. The SMILES string of the molecule is CCNc1ccccc1-c1cn(-c2ccc(C)cc2)nc1-c1ccccc1. The normalized spacial score (nSPS) is 10.7. The molecule has 3 heteroatoms. The van der Waals surface area contributed by atoms with E-state index >= 15 is 0 Å². The van der Waals surface area contributed by atoms with Crippen molar-refractivity contribution in [3.05, 3.63) is 90.6 Å². The minimum absolute atomic E-state index is 0.879. The Bertz CT molecular complexity index is 1030. The predicted octanol–water partition coefficient (Wildman–Crippen LogP) is 5.95. The summed E-state index contributed by atoms with van der Waals surface area (Å²) in [6.07, 6.45) is 2.13. The summed E-state index contributed by atoms with van der Waals surface area (Å²) in [6.45, 7) is 5.09. The smallest absolute Gasteiger partial charge is 0.101 e. The van der Waals surface area contributed by atoms with Gasteiger partial charge in [0.05, 0.1) is 5.69 Å². The highest BCUT2D eigenvalue weighted by Gasteiger charge is 2.16. The average Bonchev–Trinajstić information content (AvgIpc) is 3.15. The van der Waals surface area contributed by atoms with Gasteiger partial charge in [0.2, 0.25) is 0 Å². The third-order valence-corrected chi connectivity index (χ3v) is 4.64. The van der Waals surface area contributed by atoms with Crippen LogP contribution in [0, 0.1) is 6.92 Å². The number of rotatable bonds is 5. The van der Waals surface area contributed by atoms with Crippen LogP contribution in [0.15, 0.2) is 85.1 Å². The summed E-state index contributed by atoms with van der Waals surface area (Å²) in [5.74, 6) is 0. The lowest BCUT2D eigenvalue weighted by Crippen LogP contribution is -1.98. The van der Waals surface area contributed by atoms with Crippen molar-refractivity contribution in [3.63, 3.8) is 0 Å². The zero-order valence-electron chi connectivity index (χ0n) is 15.7. The van der Waals surface area contributed by atoms with Crippen LogP contribution in [0.2, 0.25) is 0 Å². The third kappa shape index (κ3) is 3.49. The van der Waals surface area contributed by atoms with Crippen molar-refractivity contribution in [1.82, 2.24) is 9.78 Å². The van der Waals surface area contributed by atoms with Gasteiger partial charge in [-0.15, -0.1) is 0 Å². The molecule has 0 unspecified atom stereocenters. The van der Waals surface area contributed by atoms with Gasteiger partial charge in [0.25, 0.3) is 0 Å². The van der Waals surface area contributed by atoms with Gasteiger partial charge in [-0.1, -0.05) is 66.2 Å². The van der Waals surface area contributed by atoms with E-state index in [-0.39, 0.29) is 0 Å². The lowest BCUT2D eigenvalue weighted by molar-refractivity contribution is 0.884. The van der Waals surface area contributed by atoms with Crippen molar-refractivity contribution in [2.24, 2.45) is 0 Å². The molecule has 0 bridgehead atoms. The summed E-state index contributed by atoms with van der Waals surface area (Å²) in [5.41, 5.74) is 7.82. The topological polar surface area (TPSA) is 29.9 Å². The molecular formula is C24H23N3. The van der Waals surface area contributed by atoms with Gasteiger partial charge in [0.15, 0.2) is 0 Å². The molecule has 0 saturated heterocycles. The Balaban J connectivity index is 1.91. The molecule has 1 heterocycles. The van der Waals surface area contributed by atoms with Crippen molar-refractivity contribution >= 4 is 5.69 Å². The summed E-state index contributed by atoms with van der Waals surface area (Å²) in [4.78, 5) is 0. The van der Waals surface area contributed by atoms with E-state index in [2.05, 4.69) is 98.2 Å². The Morgan fingerprint density at radius 1 is 0.815 bits per heavy atom. The molecule has 0 fully saturated rings. The highest BCUT2D eigenvalue weighted by Crippen LogP contribution is 2.36.